The fourth-order valence-electron chi connectivity index (χ4n) is 1.68. The van der Waals surface area contributed by atoms with Crippen LogP contribution in [-0.2, 0) is 0 Å². The minimum absolute atomic E-state index is 0.298. The van der Waals surface area contributed by atoms with E-state index in [2.05, 4.69) is 31.3 Å². The molecule has 0 amide bonds. The van der Waals surface area contributed by atoms with Crippen molar-refractivity contribution in [1.82, 2.24) is 5.32 Å². The van der Waals surface area contributed by atoms with E-state index in [9.17, 15) is 0 Å². The summed E-state index contributed by atoms with van der Waals surface area (Å²) in [5.74, 6) is 0.925. The van der Waals surface area contributed by atoms with E-state index < -0.39 is 0 Å². The summed E-state index contributed by atoms with van der Waals surface area (Å²) in [5.41, 5.74) is 1.25. The predicted octanol–water partition coefficient (Wildman–Crippen LogP) is 2.51. The number of aliphatic hydroxyl groups excluding tert-OH is 1. The molecule has 1 unspecified atom stereocenters. The van der Waals surface area contributed by atoms with Gasteiger partial charge in [0.15, 0.2) is 0 Å². The van der Waals surface area contributed by atoms with Crippen molar-refractivity contribution in [2.45, 2.75) is 39.2 Å². The summed E-state index contributed by atoms with van der Waals surface area (Å²) in [6, 6.07) is 8.47. The molecule has 0 aliphatic rings. The molecule has 102 valence electrons. The fraction of sp³-hybridized carbons (Fsp3) is 0.600. The first-order valence-electron chi connectivity index (χ1n) is 6.76. The Kier molecular flexibility index (Phi) is 7.46. The Morgan fingerprint density at radius 3 is 2.56 bits per heavy atom. The largest absolute Gasteiger partial charge is 0.492 e. The molecule has 0 aliphatic heterocycles. The molecule has 1 rings (SSSR count). The van der Waals surface area contributed by atoms with Gasteiger partial charge < -0.3 is 15.2 Å². The zero-order chi connectivity index (χ0) is 13.2. The van der Waals surface area contributed by atoms with Crippen LogP contribution in [0.25, 0.3) is 0 Å². The Labute approximate surface area is 110 Å². The molecule has 18 heavy (non-hydrogen) atoms. The molecule has 0 radical (unpaired) electrons. The molecule has 0 aromatic heterocycles. The van der Waals surface area contributed by atoms with E-state index in [-0.39, 0.29) is 0 Å². The highest BCUT2D eigenvalue weighted by atomic mass is 16.5. The van der Waals surface area contributed by atoms with Gasteiger partial charge >= 0.3 is 0 Å². The van der Waals surface area contributed by atoms with Gasteiger partial charge in [0.2, 0.25) is 0 Å². The van der Waals surface area contributed by atoms with E-state index in [1.807, 2.05) is 12.1 Å². The van der Waals surface area contributed by atoms with Crippen LogP contribution in [0.5, 0.6) is 5.75 Å². The molecule has 0 aliphatic carbocycles. The molecule has 0 spiro atoms. The third-order valence-corrected chi connectivity index (χ3v) is 2.85. The van der Waals surface area contributed by atoms with Gasteiger partial charge in [0.05, 0.1) is 0 Å². The number of benzene rings is 1. The number of aliphatic hydroxyl groups is 1. The van der Waals surface area contributed by atoms with E-state index >= 15 is 0 Å². The van der Waals surface area contributed by atoms with Crippen LogP contribution < -0.4 is 10.1 Å². The second kappa shape index (κ2) is 8.95. The zero-order valence-electron chi connectivity index (χ0n) is 11.5. The average molecular weight is 251 g/mol. The van der Waals surface area contributed by atoms with Gasteiger partial charge in [0.25, 0.3) is 0 Å². The molecule has 0 heterocycles. The van der Waals surface area contributed by atoms with E-state index in [0.717, 1.165) is 31.6 Å². The van der Waals surface area contributed by atoms with Gasteiger partial charge in [-0.1, -0.05) is 17.7 Å². The minimum atomic E-state index is 0.298. The van der Waals surface area contributed by atoms with E-state index in [1.165, 1.54) is 5.56 Å². The first kappa shape index (κ1) is 15.0. The molecule has 0 saturated heterocycles. The van der Waals surface area contributed by atoms with Crippen LogP contribution in [0.3, 0.4) is 0 Å². The summed E-state index contributed by atoms with van der Waals surface area (Å²) in [4.78, 5) is 0. The Hall–Kier alpha value is -1.06. The van der Waals surface area contributed by atoms with Crippen LogP contribution >= 0.6 is 0 Å². The van der Waals surface area contributed by atoms with Crippen LogP contribution in [0, 0.1) is 6.92 Å². The van der Waals surface area contributed by atoms with E-state index in [1.54, 1.807) is 0 Å². The smallest absolute Gasteiger partial charge is 0.119 e. The van der Waals surface area contributed by atoms with Crippen LogP contribution in [0.4, 0.5) is 0 Å². The molecule has 1 aromatic rings. The molecule has 1 atom stereocenters. The third kappa shape index (κ3) is 6.62. The van der Waals surface area contributed by atoms with Gasteiger partial charge in [-0.2, -0.15) is 0 Å². The first-order valence-corrected chi connectivity index (χ1v) is 6.76. The minimum Gasteiger partial charge on any atom is -0.492 e. The zero-order valence-corrected chi connectivity index (χ0v) is 11.5. The highest BCUT2D eigenvalue weighted by Crippen LogP contribution is 2.11. The van der Waals surface area contributed by atoms with Crippen molar-refractivity contribution in [2.24, 2.45) is 0 Å². The highest BCUT2D eigenvalue weighted by molar-refractivity contribution is 5.26. The number of rotatable bonds is 9. The first-order chi connectivity index (χ1) is 8.72. The van der Waals surface area contributed by atoms with Crippen LogP contribution in [0.2, 0.25) is 0 Å². The number of unbranched alkanes of at least 4 members (excludes halogenated alkanes) is 2. The quantitative estimate of drug-likeness (QED) is 0.663. The van der Waals surface area contributed by atoms with Crippen molar-refractivity contribution >= 4 is 0 Å². The van der Waals surface area contributed by atoms with Crippen molar-refractivity contribution in [3.05, 3.63) is 29.8 Å². The van der Waals surface area contributed by atoms with Crippen molar-refractivity contribution < 1.29 is 9.84 Å². The molecular formula is C15H25NO2. The second-order valence-electron chi connectivity index (χ2n) is 4.76. The highest BCUT2D eigenvalue weighted by Gasteiger charge is 2.01. The number of nitrogens with one attached hydrogen (secondary N) is 1. The number of ether oxygens (including phenoxy) is 1. The molecule has 0 bridgehead atoms. The molecule has 0 fully saturated rings. The summed E-state index contributed by atoms with van der Waals surface area (Å²) >= 11 is 0. The van der Waals surface area contributed by atoms with E-state index in [0.29, 0.717) is 19.3 Å². The van der Waals surface area contributed by atoms with Gasteiger partial charge in [-0.3, -0.25) is 0 Å². The Bertz CT molecular complexity index is 311. The maximum Gasteiger partial charge on any atom is 0.119 e. The summed E-state index contributed by atoms with van der Waals surface area (Å²) in [6.45, 7) is 6.16. The van der Waals surface area contributed by atoms with Gasteiger partial charge in [-0.05, 0) is 51.8 Å². The van der Waals surface area contributed by atoms with Crippen LogP contribution in [0.1, 0.15) is 31.7 Å². The lowest BCUT2D eigenvalue weighted by atomic mass is 10.2. The maximum atomic E-state index is 8.66. The molecule has 2 N–H and O–H groups in total. The molecule has 0 saturated carbocycles. The second-order valence-corrected chi connectivity index (χ2v) is 4.76. The lowest BCUT2D eigenvalue weighted by Gasteiger charge is -2.15. The maximum absolute atomic E-state index is 8.66. The lowest BCUT2D eigenvalue weighted by Crippen LogP contribution is -2.32. The Morgan fingerprint density at radius 2 is 1.89 bits per heavy atom. The normalized spacial score (nSPS) is 12.4. The molecular weight excluding hydrogens is 226 g/mol. The van der Waals surface area contributed by atoms with Crippen LogP contribution in [-0.4, -0.2) is 30.9 Å². The monoisotopic (exact) mass is 251 g/mol. The van der Waals surface area contributed by atoms with Gasteiger partial charge in [-0.25, -0.2) is 0 Å². The van der Waals surface area contributed by atoms with Gasteiger partial charge in [-0.15, -0.1) is 0 Å². The van der Waals surface area contributed by atoms with Crippen molar-refractivity contribution in [1.29, 1.82) is 0 Å². The Balaban J connectivity index is 2.09. The topological polar surface area (TPSA) is 41.5 Å². The molecule has 3 nitrogen and oxygen atoms in total. The molecule has 3 heteroatoms. The lowest BCUT2D eigenvalue weighted by molar-refractivity contribution is 0.268. The van der Waals surface area contributed by atoms with Gasteiger partial charge in [0.1, 0.15) is 12.4 Å². The third-order valence-electron chi connectivity index (χ3n) is 2.85. The van der Waals surface area contributed by atoms with Gasteiger partial charge in [0, 0.05) is 12.6 Å². The van der Waals surface area contributed by atoms with Crippen molar-refractivity contribution in [3.8, 4) is 5.75 Å². The Morgan fingerprint density at radius 1 is 1.17 bits per heavy atom. The van der Waals surface area contributed by atoms with Crippen molar-refractivity contribution in [2.75, 3.05) is 19.8 Å². The summed E-state index contributed by atoms with van der Waals surface area (Å²) in [7, 11) is 0. The van der Waals surface area contributed by atoms with Crippen LogP contribution in [0.15, 0.2) is 24.3 Å². The summed E-state index contributed by atoms with van der Waals surface area (Å²) in [6.07, 6.45) is 3.08. The van der Waals surface area contributed by atoms with Crippen molar-refractivity contribution in [3.63, 3.8) is 0 Å². The summed E-state index contributed by atoms with van der Waals surface area (Å²) < 4.78 is 5.70. The number of hydrogen-bond donors (Lipinski definition) is 2. The standard InChI is InChI=1S/C15H25NO2/c1-13-6-8-15(9-7-13)18-12-14(2)16-10-4-3-5-11-17/h6-9,14,16-17H,3-5,10-12H2,1-2H3. The number of aryl methyl sites for hydroxylation is 1. The molecule has 1 aromatic carbocycles. The average Bonchev–Trinajstić information content (AvgIpc) is 2.38. The van der Waals surface area contributed by atoms with E-state index in [4.69, 9.17) is 9.84 Å². The number of hydrogen-bond acceptors (Lipinski definition) is 3. The SMILES string of the molecule is Cc1ccc(OCC(C)NCCCCCO)cc1. The fourth-order valence-corrected chi connectivity index (χ4v) is 1.68. The predicted molar refractivity (Wildman–Crippen MR) is 75.1 cm³/mol. The summed E-state index contributed by atoms with van der Waals surface area (Å²) in [5, 5.41) is 12.1.